The molecule has 1 aromatic rings. The molecule has 1 rings (SSSR count). The number of thioether (sulfide) groups is 1. The maximum atomic E-state index is 11.1. The first-order valence-electron chi connectivity index (χ1n) is 3.99. The van der Waals surface area contributed by atoms with E-state index in [2.05, 4.69) is 16.9 Å². The molecule has 13 heavy (non-hydrogen) atoms. The first-order valence-corrected chi connectivity index (χ1v) is 5.68. The molecule has 0 aliphatic heterocycles. The van der Waals surface area contributed by atoms with E-state index in [4.69, 9.17) is 11.6 Å². The van der Waals surface area contributed by atoms with E-state index >= 15 is 0 Å². The van der Waals surface area contributed by atoms with E-state index in [1.165, 1.54) is 6.07 Å². The van der Waals surface area contributed by atoms with Crippen LogP contribution in [0.4, 0.5) is 0 Å². The van der Waals surface area contributed by atoms with Crippen molar-refractivity contribution in [2.45, 2.75) is 18.6 Å². The van der Waals surface area contributed by atoms with E-state index in [0.29, 0.717) is 11.5 Å². The number of rotatable bonds is 4. The monoisotopic (exact) mass is 218 g/mol. The molecule has 1 heterocycles. The van der Waals surface area contributed by atoms with E-state index in [-0.39, 0.29) is 11.4 Å². The second-order valence-electron chi connectivity index (χ2n) is 2.45. The molecular weight excluding hydrogens is 208 g/mol. The number of nitrogens with one attached hydrogen (secondary N) is 1. The van der Waals surface area contributed by atoms with Gasteiger partial charge in [0.05, 0.1) is 17.3 Å². The minimum absolute atomic E-state index is 0.127. The first kappa shape index (κ1) is 10.6. The normalized spacial score (nSPS) is 10.3. The lowest BCUT2D eigenvalue weighted by atomic mass is 10.4. The van der Waals surface area contributed by atoms with Gasteiger partial charge in [0.1, 0.15) is 5.82 Å². The molecule has 0 saturated carbocycles. The van der Waals surface area contributed by atoms with Crippen LogP contribution in [0.25, 0.3) is 0 Å². The van der Waals surface area contributed by atoms with E-state index in [0.717, 1.165) is 11.5 Å². The predicted octanol–water partition coefficient (Wildman–Crippen LogP) is 1.76. The molecule has 0 aromatic carbocycles. The number of halogens is 1. The molecule has 72 valence electrons. The largest absolute Gasteiger partial charge is 0.310 e. The highest BCUT2D eigenvalue weighted by molar-refractivity contribution is 7.98. The lowest BCUT2D eigenvalue weighted by Crippen LogP contribution is -2.11. The zero-order chi connectivity index (χ0) is 9.68. The molecule has 3 nitrogen and oxygen atoms in total. The molecule has 0 aliphatic carbocycles. The van der Waals surface area contributed by atoms with Gasteiger partial charge in [-0.1, -0.05) is 6.92 Å². The van der Waals surface area contributed by atoms with Gasteiger partial charge in [-0.25, -0.2) is 4.98 Å². The molecular formula is C8H11ClN2OS. The summed E-state index contributed by atoms with van der Waals surface area (Å²) in [6, 6.07) is 1.42. The molecule has 0 amide bonds. The molecule has 1 aromatic heterocycles. The van der Waals surface area contributed by atoms with Gasteiger partial charge < -0.3 is 4.98 Å². The molecule has 5 heteroatoms. The summed E-state index contributed by atoms with van der Waals surface area (Å²) in [6.45, 7) is 2.06. The van der Waals surface area contributed by atoms with Gasteiger partial charge in [0, 0.05) is 6.07 Å². The third kappa shape index (κ3) is 3.40. The van der Waals surface area contributed by atoms with E-state index in [9.17, 15) is 4.79 Å². The Balaban J connectivity index is 2.82. The van der Waals surface area contributed by atoms with Gasteiger partial charge in [0.2, 0.25) is 0 Å². The van der Waals surface area contributed by atoms with E-state index in [1.807, 2.05) is 0 Å². The van der Waals surface area contributed by atoms with Gasteiger partial charge in [0.15, 0.2) is 0 Å². The summed E-state index contributed by atoms with van der Waals surface area (Å²) in [4.78, 5) is 17.9. The van der Waals surface area contributed by atoms with E-state index in [1.54, 1.807) is 11.8 Å². The average molecular weight is 219 g/mol. The Hall–Kier alpha value is -0.480. The van der Waals surface area contributed by atoms with Crippen molar-refractivity contribution in [2.75, 3.05) is 5.75 Å². The van der Waals surface area contributed by atoms with Crippen molar-refractivity contribution in [1.82, 2.24) is 9.97 Å². The van der Waals surface area contributed by atoms with Crippen LogP contribution >= 0.6 is 23.4 Å². The summed E-state index contributed by atoms with van der Waals surface area (Å²) < 4.78 is 0. The average Bonchev–Trinajstić information content (AvgIpc) is 2.14. The Morgan fingerprint density at radius 2 is 2.46 bits per heavy atom. The second kappa shape index (κ2) is 5.29. The van der Waals surface area contributed by atoms with E-state index < -0.39 is 0 Å². The zero-order valence-electron chi connectivity index (χ0n) is 7.34. The Morgan fingerprint density at radius 1 is 1.69 bits per heavy atom. The summed E-state index contributed by atoms with van der Waals surface area (Å²) in [7, 11) is 0. The number of aromatic nitrogens is 2. The van der Waals surface area contributed by atoms with Gasteiger partial charge in [-0.15, -0.1) is 11.6 Å². The molecule has 0 atom stereocenters. The quantitative estimate of drug-likeness (QED) is 0.784. The van der Waals surface area contributed by atoms with Crippen LogP contribution in [0.1, 0.15) is 18.4 Å². The van der Waals surface area contributed by atoms with Crippen molar-refractivity contribution in [3.8, 4) is 0 Å². The maximum absolute atomic E-state index is 11.1. The van der Waals surface area contributed by atoms with Crippen molar-refractivity contribution in [1.29, 1.82) is 0 Å². The fourth-order valence-corrected chi connectivity index (χ4v) is 1.57. The molecule has 0 unspecified atom stereocenters. The minimum atomic E-state index is -0.127. The van der Waals surface area contributed by atoms with Gasteiger partial charge in [-0.3, -0.25) is 4.79 Å². The van der Waals surface area contributed by atoms with Crippen molar-refractivity contribution in [2.24, 2.45) is 0 Å². The third-order valence-corrected chi connectivity index (χ3v) is 2.58. The molecule has 0 bridgehead atoms. The summed E-state index contributed by atoms with van der Waals surface area (Å²) in [5, 5.41) is 0. The van der Waals surface area contributed by atoms with Crippen molar-refractivity contribution in [3.05, 3.63) is 27.9 Å². The first-order chi connectivity index (χ1) is 6.26. The summed E-state index contributed by atoms with van der Waals surface area (Å²) in [5.41, 5.74) is 0.509. The third-order valence-electron chi connectivity index (χ3n) is 1.42. The molecule has 0 aliphatic rings. The maximum Gasteiger partial charge on any atom is 0.251 e. The van der Waals surface area contributed by atoms with Gasteiger partial charge >= 0.3 is 0 Å². The van der Waals surface area contributed by atoms with Crippen LogP contribution in [-0.4, -0.2) is 15.7 Å². The lowest BCUT2D eigenvalue weighted by molar-refractivity contribution is 0.960. The fourth-order valence-electron chi connectivity index (χ4n) is 0.899. The molecule has 0 spiro atoms. The highest BCUT2D eigenvalue weighted by Crippen LogP contribution is 2.06. The molecule has 0 saturated heterocycles. The smallest absolute Gasteiger partial charge is 0.251 e. The number of H-pyrrole nitrogens is 1. The van der Waals surface area contributed by atoms with Gasteiger partial charge in [-0.2, -0.15) is 11.8 Å². The SMILES string of the molecule is CCSCc1nc(CCl)cc(=O)[nH]1. The van der Waals surface area contributed by atoms with Crippen LogP contribution in [-0.2, 0) is 11.6 Å². The van der Waals surface area contributed by atoms with Crippen molar-refractivity contribution < 1.29 is 0 Å². The van der Waals surface area contributed by atoms with Crippen LogP contribution in [0, 0.1) is 0 Å². The standard InChI is InChI=1S/C8H11ClN2OS/c1-2-13-5-7-10-6(4-9)3-8(12)11-7/h3H,2,4-5H2,1H3,(H,10,11,12). The molecule has 0 radical (unpaired) electrons. The number of alkyl halides is 1. The second-order valence-corrected chi connectivity index (χ2v) is 4.00. The van der Waals surface area contributed by atoms with Crippen LogP contribution < -0.4 is 5.56 Å². The molecule has 1 N–H and O–H groups in total. The summed E-state index contributed by atoms with van der Waals surface area (Å²) >= 11 is 7.30. The van der Waals surface area contributed by atoms with Crippen molar-refractivity contribution >= 4 is 23.4 Å². The summed E-state index contributed by atoms with van der Waals surface area (Å²) in [6.07, 6.45) is 0. The number of nitrogens with zero attached hydrogens (tertiary/aromatic N) is 1. The summed E-state index contributed by atoms with van der Waals surface area (Å²) in [5.74, 6) is 2.73. The zero-order valence-corrected chi connectivity index (χ0v) is 8.91. The van der Waals surface area contributed by atoms with Gasteiger partial charge in [-0.05, 0) is 5.75 Å². The van der Waals surface area contributed by atoms with Crippen LogP contribution in [0.5, 0.6) is 0 Å². The highest BCUT2D eigenvalue weighted by Gasteiger charge is 1.99. The minimum Gasteiger partial charge on any atom is -0.310 e. The lowest BCUT2D eigenvalue weighted by Gasteiger charge is -2.00. The Morgan fingerprint density at radius 3 is 3.08 bits per heavy atom. The van der Waals surface area contributed by atoms with Crippen LogP contribution in [0.15, 0.2) is 10.9 Å². The molecule has 0 fully saturated rings. The Kier molecular flexibility index (Phi) is 4.32. The number of hydrogen-bond donors (Lipinski definition) is 1. The van der Waals surface area contributed by atoms with Crippen LogP contribution in [0.2, 0.25) is 0 Å². The fraction of sp³-hybridized carbons (Fsp3) is 0.500. The highest BCUT2D eigenvalue weighted by atomic mass is 35.5. The Labute approximate surface area is 85.9 Å². The predicted molar refractivity (Wildman–Crippen MR) is 56.3 cm³/mol. The number of hydrogen-bond acceptors (Lipinski definition) is 3. The van der Waals surface area contributed by atoms with Crippen LogP contribution in [0.3, 0.4) is 0 Å². The van der Waals surface area contributed by atoms with Gasteiger partial charge in [0.25, 0.3) is 5.56 Å². The Bertz CT molecular complexity index is 326. The topological polar surface area (TPSA) is 45.8 Å². The van der Waals surface area contributed by atoms with Crippen molar-refractivity contribution in [3.63, 3.8) is 0 Å². The number of aromatic amines is 1.